The lowest BCUT2D eigenvalue weighted by Gasteiger charge is -2.34. The predicted molar refractivity (Wildman–Crippen MR) is 156 cm³/mol. The van der Waals surface area contributed by atoms with Gasteiger partial charge in [0.25, 0.3) is 0 Å². The molecule has 0 saturated heterocycles. The summed E-state index contributed by atoms with van der Waals surface area (Å²) in [4.78, 5) is 29.1. The van der Waals surface area contributed by atoms with Crippen molar-refractivity contribution in [2.75, 3.05) is 5.75 Å². The number of amides is 2. The molecule has 0 bridgehead atoms. The highest BCUT2D eigenvalue weighted by molar-refractivity contribution is 7.99. The fourth-order valence-electron chi connectivity index (χ4n) is 3.95. The Morgan fingerprint density at radius 2 is 1.59 bits per heavy atom. The summed E-state index contributed by atoms with van der Waals surface area (Å²) in [5.74, 6) is 0.601. The summed E-state index contributed by atoms with van der Waals surface area (Å²) < 4.78 is 0. The Balaban J connectivity index is 1.88. The molecule has 0 spiro atoms. The van der Waals surface area contributed by atoms with Crippen molar-refractivity contribution in [2.45, 2.75) is 58.0 Å². The average molecular weight is 558 g/mol. The number of carbonyl (C=O) groups excluding carboxylic acids is 2. The summed E-state index contributed by atoms with van der Waals surface area (Å²) in [5, 5.41) is 4.10. The Kier molecular flexibility index (Phi) is 10.5. The molecule has 0 aliphatic carbocycles. The van der Waals surface area contributed by atoms with Gasteiger partial charge in [-0.1, -0.05) is 83.9 Å². The molecule has 4 nitrogen and oxygen atoms in total. The van der Waals surface area contributed by atoms with Crippen molar-refractivity contribution in [2.24, 2.45) is 0 Å². The molecular weight excluding hydrogens is 523 g/mol. The van der Waals surface area contributed by atoms with Crippen molar-refractivity contribution >= 4 is 46.8 Å². The molecule has 1 N–H and O–H groups in total. The van der Waals surface area contributed by atoms with Gasteiger partial charge >= 0.3 is 0 Å². The molecule has 1 unspecified atom stereocenters. The van der Waals surface area contributed by atoms with Crippen LogP contribution in [0.15, 0.2) is 72.8 Å². The first-order valence-corrected chi connectivity index (χ1v) is 14.2. The second kappa shape index (κ2) is 13.4. The predicted octanol–water partition coefficient (Wildman–Crippen LogP) is 7.09. The van der Waals surface area contributed by atoms with Gasteiger partial charge in [0, 0.05) is 24.3 Å². The van der Waals surface area contributed by atoms with Crippen molar-refractivity contribution in [1.29, 1.82) is 0 Å². The Morgan fingerprint density at radius 3 is 2.24 bits per heavy atom. The molecular formula is C30H34Cl2N2O2S. The van der Waals surface area contributed by atoms with Gasteiger partial charge in [-0.05, 0) is 62.1 Å². The van der Waals surface area contributed by atoms with E-state index in [1.807, 2.05) is 94.4 Å². The van der Waals surface area contributed by atoms with E-state index in [1.165, 1.54) is 11.8 Å². The van der Waals surface area contributed by atoms with Gasteiger partial charge in [0.1, 0.15) is 6.04 Å². The zero-order chi connectivity index (χ0) is 27.0. The molecule has 0 fully saturated rings. The number of carbonyl (C=O) groups is 2. The second-order valence-electron chi connectivity index (χ2n) is 10.1. The molecule has 7 heteroatoms. The second-order valence-corrected chi connectivity index (χ2v) is 11.9. The molecule has 37 heavy (non-hydrogen) atoms. The maximum Gasteiger partial charge on any atom is 0.243 e. The van der Waals surface area contributed by atoms with Crippen molar-refractivity contribution in [3.05, 3.63) is 105 Å². The van der Waals surface area contributed by atoms with Gasteiger partial charge in [-0.2, -0.15) is 0 Å². The molecule has 196 valence electrons. The number of halogens is 2. The van der Waals surface area contributed by atoms with Crippen LogP contribution in [0.1, 0.15) is 43.0 Å². The fourth-order valence-corrected chi connectivity index (χ4v) is 5.12. The zero-order valence-electron chi connectivity index (χ0n) is 21.8. The van der Waals surface area contributed by atoms with Gasteiger partial charge in [-0.3, -0.25) is 9.59 Å². The van der Waals surface area contributed by atoms with E-state index in [9.17, 15) is 9.59 Å². The Bertz CT molecular complexity index is 1210. The highest BCUT2D eigenvalue weighted by Gasteiger charge is 2.32. The van der Waals surface area contributed by atoms with Crippen LogP contribution >= 0.6 is 35.0 Å². The van der Waals surface area contributed by atoms with Crippen LogP contribution in [0.2, 0.25) is 10.0 Å². The third-order valence-corrected chi connectivity index (χ3v) is 7.58. The molecule has 0 aliphatic rings. The molecule has 2 amide bonds. The normalized spacial score (nSPS) is 12.2. The van der Waals surface area contributed by atoms with Gasteiger partial charge in [0.05, 0.1) is 15.8 Å². The van der Waals surface area contributed by atoms with Crippen LogP contribution in [0.5, 0.6) is 0 Å². The smallest absolute Gasteiger partial charge is 0.243 e. The summed E-state index contributed by atoms with van der Waals surface area (Å²) in [6.07, 6.45) is 0.428. The van der Waals surface area contributed by atoms with E-state index in [1.54, 1.807) is 11.0 Å². The number of thioether (sulfide) groups is 1. The Morgan fingerprint density at radius 1 is 0.919 bits per heavy atom. The number of aryl methyl sites for hydroxylation is 1. The van der Waals surface area contributed by atoms with Gasteiger partial charge in [0.15, 0.2) is 0 Å². The zero-order valence-corrected chi connectivity index (χ0v) is 24.1. The van der Waals surface area contributed by atoms with Gasteiger partial charge < -0.3 is 10.2 Å². The van der Waals surface area contributed by atoms with E-state index in [2.05, 4.69) is 5.32 Å². The third-order valence-electron chi connectivity index (χ3n) is 5.85. The molecule has 3 rings (SSSR count). The molecule has 3 aromatic carbocycles. The van der Waals surface area contributed by atoms with Crippen LogP contribution in [0, 0.1) is 6.92 Å². The first-order chi connectivity index (χ1) is 17.5. The third kappa shape index (κ3) is 9.10. The first-order valence-electron chi connectivity index (χ1n) is 12.2. The highest BCUT2D eigenvalue weighted by atomic mass is 35.5. The van der Waals surface area contributed by atoms with E-state index in [4.69, 9.17) is 23.2 Å². The number of hydrogen-bond donors (Lipinski definition) is 1. The van der Waals surface area contributed by atoms with Crippen LogP contribution in [0.4, 0.5) is 0 Å². The van der Waals surface area contributed by atoms with E-state index in [-0.39, 0.29) is 17.6 Å². The molecule has 1 atom stereocenters. The number of rotatable bonds is 10. The minimum atomic E-state index is -0.653. The lowest BCUT2D eigenvalue weighted by atomic mass is 10.00. The van der Waals surface area contributed by atoms with Crippen LogP contribution in [0.3, 0.4) is 0 Å². The molecule has 3 aromatic rings. The summed E-state index contributed by atoms with van der Waals surface area (Å²) in [5.41, 5.74) is 3.67. The van der Waals surface area contributed by atoms with Crippen LogP contribution in [-0.2, 0) is 28.3 Å². The molecule has 0 radical (unpaired) electrons. The number of hydrogen-bond acceptors (Lipinski definition) is 3. The maximum atomic E-state index is 13.7. The maximum absolute atomic E-state index is 13.7. The number of benzene rings is 3. The molecule has 0 saturated carbocycles. The highest BCUT2D eigenvalue weighted by Crippen LogP contribution is 2.25. The Labute approximate surface area is 234 Å². The van der Waals surface area contributed by atoms with Gasteiger partial charge in [-0.25, -0.2) is 0 Å². The lowest BCUT2D eigenvalue weighted by Crippen LogP contribution is -2.54. The molecule has 0 aromatic heterocycles. The minimum absolute atomic E-state index is 0.0849. The quantitative estimate of drug-likeness (QED) is 0.290. The van der Waals surface area contributed by atoms with E-state index in [0.717, 1.165) is 22.3 Å². The summed E-state index contributed by atoms with van der Waals surface area (Å²) in [7, 11) is 0. The van der Waals surface area contributed by atoms with Crippen LogP contribution in [-0.4, -0.2) is 34.0 Å². The van der Waals surface area contributed by atoms with Crippen LogP contribution < -0.4 is 5.32 Å². The lowest BCUT2D eigenvalue weighted by molar-refractivity contribution is -0.140. The van der Waals surface area contributed by atoms with Crippen LogP contribution in [0.25, 0.3) is 0 Å². The Hall–Kier alpha value is -2.47. The van der Waals surface area contributed by atoms with E-state index < -0.39 is 11.6 Å². The number of nitrogens with zero attached hydrogens (tertiary/aromatic N) is 1. The first kappa shape index (κ1) is 29.1. The largest absolute Gasteiger partial charge is 0.350 e. The average Bonchev–Trinajstić information content (AvgIpc) is 2.84. The monoisotopic (exact) mass is 556 g/mol. The SMILES string of the molecule is Cc1ccccc1CN(C(=O)CSCc1ccc(Cl)c(Cl)c1)C(Cc1ccccc1)C(=O)NC(C)(C)C. The van der Waals surface area contributed by atoms with Crippen molar-refractivity contribution in [3.63, 3.8) is 0 Å². The standard InChI is InChI=1S/C30H34Cl2N2O2S/c1-21-10-8-9-13-24(21)18-34(28(35)20-37-19-23-14-15-25(31)26(32)16-23)27(29(36)33-30(2,3)4)17-22-11-6-5-7-12-22/h5-16,27H,17-20H2,1-4H3,(H,33,36). The minimum Gasteiger partial charge on any atom is -0.350 e. The van der Waals surface area contributed by atoms with E-state index in [0.29, 0.717) is 28.8 Å². The topological polar surface area (TPSA) is 49.4 Å². The summed E-state index contributed by atoms with van der Waals surface area (Å²) >= 11 is 13.7. The summed E-state index contributed by atoms with van der Waals surface area (Å²) in [6.45, 7) is 8.23. The van der Waals surface area contributed by atoms with Crippen molar-refractivity contribution in [3.8, 4) is 0 Å². The summed E-state index contributed by atoms with van der Waals surface area (Å²) in [6, 6.07) is 22.7. The van der Waals surface area contributed by atoms with Crippen molar-refractivity contribution < 1.29 is 9.59 Å². The number of nitrogens with one attached hydrogen (secondary N) is 1. The molecule has 0 heterocycles. The van der Waals surface area contributed by atoms with E-state index >= 15 is 0 Å². The van der Waals surface area contributed by atoms with Gasteiger partial charge in [0.2, 0.25) is 11.8 Å². The van der Waals surface area contributed by atoms with Crippen molar-refractivity contribution in [1.82, 2.24) is 10.2 Å². The molecule has 0 aliphatic heterocycles. The fraction of sp³-hybridized carbons (Fsp3) is 0.333. The van der Waals surface area contributed by atoms with Gasteiger partial charge in [-0.15, -0.1) is 11.8 Å².